The van der Waals surface area contributed by atoms with Gasteiger partial charge in [0, 0.05) is 5.56 Å². The molecule has 0 amide bonds. The molecule has 5 nitrogen and oxygen atoms in total. The van der Waals surface area contributed by atoms with Crippen molar-refractivity contribution in [3.8, 4) is 11.4 Å². The number of aryl methyl sites for hydroxylation is 1. The molecule has 5 heteroatoms. The lowest BCUT2D eigenvalue weighted by molar-refractivity contribution is 0.597. The first kappa shape index (κ1) is 19.0. The molecule has 0 aliphatic carbocycles. The van der Waals surface area contributed by atoms with E-state index in [-0.39, 0.29) is 22.6 Å². The molecule has 5 rings (SSSR count). The fourth-order valence-corrected chi connectivity index (χ4v) is 4.02. The van der Waals surface area contributed by atoms with E-state index in [0.717, 1.165) is 16.7 Å². The summed E-state index contributed by atoms with van der Waals surface area (Å²) >= 11 is 0. The van der Waals surface area contributed by atoms with E-state index in [1.54, 1.807) is 28.8 Å². The Balaban J connectivity index is 1.94. The molecule has 0 N–H and O–H groups in total. The van der Waals surface area contributed by atoms with Crippen molar-refractivity contribution >= 4 is 22.1 Å². The molecule has 1 atom stereocenters. The monoisotopic (exact) mass is 408 g/mol. The van der Waals surface area contributed by atoms with E-state index in [0.29, 0.717) is 16.8 Å². The van der Waals surface area contributed by atoms with Gasteiger partial charge in [0.2, 0.25) is 11.1 Å². The van der Waals surface area contributed by atoms with Crippen molar-refractivity contribution in [2.75, 3.05) is 0 Å². The fraction of sp³-hybridized carbons (Fsp3) is 0.115. The second-order valence-corrected chi connectivity index (χ2v) is 7.62. The van der Waals surface area contributed by atoms with Crippen molar-refractivity contribution in [2.24, 2.45) is 0 Å². The molecular weight excluding hydrogens is 388 g/mol. The highest BCUT2D eigenvalue weighted by Gasteiger charge is 2.23. The van der Waals surface area contributed by atoms with Gasteiger partial charge in [-0.25, -0.2) is 0 Å². The molecule has 2 heterocycles. The van der Waals surface area contributed by atoms with Gasteiger partial charge in [-0.3, -0.25) is 14.2 Å². The van der Waals surface area contributed by atoms with E-state index in [2.05, 4.69) is 0 Å². The summed E-state index contributed by atoms with van der Waals surface area (Å²) in [4.78, 5) is 31.7. The summed E-state index contributed by atoms with van der Waals surface area (Å²) in [6.45, 7) is 3.91. The van der Waals surface area contributed by atoms with Gasteiger partial charge < -0.3 is 4.42 Å². The lowest BCUT2D eigenvalue weighted by Crippen LogP contribution is -2.30. The van der Waals surface area contributed by atoms with Gasteiger partial charge in [0.15, 0.2) is 5.39 Å². The Morgan fingerprint density at radius 1 is 0.871 bits per heavy atom. The largest absolute Gasteiger partial charge is 0.437 e. The van der Waals surface area contributed by atoms with Crippen molar-refractivity contribution in [3.05, 3.63) is 111 Å². The Hall–Kier alpha value is -3.99. The van der Waals surface area contributed by atoms with Crippen LogP contribution < -0.4 is 11.0 Å². The topological polar surface area (TPSA) is 65.1 Å². The summed E-state index contributed by atoms with van der Waals surface area (Å²) in [6.07, 6.45) is 0. The van der Waals surface area contributed by atoms with Crippen LogP contribution in [0.25, 0.3) is 33.5 Å². The molecule has 0 fully saturated rings. The van der Waals surface area contributed by atoms with Crippen LogP contribution in [-0.4, -0.2) is 9.55 Å². The number of fused-ring (bicyclic) bond motifs is 2. The number of rotatable bonds is 3. The summed E-state index contributed by atoms with van der Waals surface area (Å²) in [5.41, 5.74) is 2.45. The predicted molar refractivity (Wildman–Crippen MR) is 122 cm³/mol. The molecule has 0 aliphatic heterocycles. The average Bonchev–Trinajstić information content (AvgIpc) is 2.79. The Morgan fingerprint density at radius 3 is 2.32 bits per heavy atom. The minimum absolute atomic E-state index is 0.0289. The molecule has 5 aromatic rings. The number of aromatic nitrogens is 2. The standard InChI is InChI=1S/C26H20N2O3/c1-16-10-6-7-13-19(16)24-27-25-22(23(29)20-14-8-9-15-21(20)31-25)26(30)28(24)17(2)18-11-4-3-5-12-18/h3-15,17H,1-2H3/t17-/m0/s1. The molecule has 152 valence electrons. The van der Waals surface area contributed by atoms with Crippen LogP contribution in [0.3, 0.4) is 0 Å². The van der Waals surface area contributed by atoms with Crippen molar-refractivity contribution < 1.29 is 4.42 Å². The molecule has 0 saturated carbocycles. The van der Waals surface area contributed by atoms with E-state index < -0.39 is 5.56 Å². The fourth-order valence-electron chi connectivity index (χ4n) is 4.02. The highest BCUT2D eigenvalue weighted by molar-refractivity contribution is 5.88. The zero-order valence-electron chi connectivity index (χ0n) is 17.2. The third-order valence-electron chi connectivity index (χ3n) is 5.70. The maximum atomic E-state index is 13.8. The third-order valence-corrected chi connectivity index (χ3v) is 5.70. The van der Waals surface area contributed by atoms with Gasteiger partial charge in [0.05, 0.1) is 11.4 Å². The highest BCUT2D eigenvalue weighted by atomic mass is 16.3. The molecule has 31 heavy (non-hydrogen) atoms. The third kappa shape index (κ3) is 3.06. The summed E-state index contributed by atoms with van der Waals surface area (Å²) in [6, 6.07) is 24.1. The second-order valence-electron chi connectivity index (χ2n) is 7.62. The maximum Gasteiger partial charge on any atom is 0.269 e. The Labute approximate surface area is 178 Å². The SMILES string of the molecule is Cc1ccccc1-c1nc2oc3ccccc3c(=O)c2c(=O)n1[C@@H](C)c1ccccc1. The van der Waals surface area contributed by atoms with Crippen LogP contribution >= 0.6 is 0 Å². The number of nitrogens with zero attached hydrogens (tertiary/aromatic N) is 2. The van der Waals surface area contributed by atoms with Crippen molar-refractivity contribution in [2.45, 2.75) is 19.9 Å². The van der Waals surface area contributed by atoms with Gasteiger partial charge in [-0.1, -0.05) is 66.7 Å². The zero-order valence-corrected chi connectivity index (χ0v) is 17.2. The average molecular weight is 408 g/mol. The van der Waals surface area contributed by atoms with E-state index in [4.69, 9.17) is 9.40 Å². The van der Waals surface area contributed by atoms with Gasteiger partial charge in [-0.2, -0.15) is 4.98 Å². The minimum Gasteiger partial charge on any atom is -0.437 e. The van der Waals surface area contributed by atoms with Crippen LogP contribution in [0.4, 0.5) is 0 Å². The molecule has 0 bridgehead atoms. The first-order valence-corrected chi connectivity index (χ1v) is 10.2. The molecule has 0 unspecified atom stereocenters. The van der Waals surface area contributed by atoms with E-state index in [9.17, 15) is 9.59 Å². The lowest BCUT2D eigenvalue weighted by Gasteiger charge is -2.21. The molecule has 0 radical (unpaired) electrons. The van der Waals surface area contributed by atoms with Crippen LogP contribution in [0.2, 0.25) is 0 Å². The van der Waals surface area contributed by atoms with Gasteiger partial charge in [-0.05, 0) is 37.1 Å². The molecule has 2 aromatic heterocycles. The van der Waals surface area contributed by atoms with Crippen LogP contribution in [0.1, 0.15) is 24.1 Å². The van der Waals surface area contributed by atoms with Gasteiger partial charge in [0.1, 0.15) is 11.4 Å². The van der Waals surface area contributed by atoms with Crippen LogP contribution in [0.15, 0.2) is 92.9 Å². The van der Waals surface area contributed by atoms with Crippen molar-refractivity contribution in [3.63, 3.8) is 0 Å². The first-order chi connectivity index (χ1) is 15.1. The maximum absolute atomic E-state index is 13.8. The zero-order chi connectivity index (χ0) is 21.5. The number of para-hydroxylation sites is 1. The van der Waals surface area contributed by atoms with Gasteiger partial charge >= 0.3 is 0 Å². The summed E-state index contributed by atoms with van der Waals surface area (Å²) < 4.78 is 7.53. The molecule has 3 aromatic carbocycles. The number of benzene rings is 3. The Bertz CT molecular complexity index is 1550. The number of hydrogen-bond acceptors (Lipinski definition) is 4. The van der Waals surface area contributed by atoms with Crippen LogP contribution in [-0.2, 0) is 0 Å². The Kier molecular flexibility index (Phi) is 4.51. The predicted octanol–water partition coefficient (Wildman–Crippen LogP) is 5.09. The summed E-state index contributed by atoms with van der Waals surface area (Å²) in [7, 11) is 0. The van der Waals surface area contributed by atoms with Crippen molar-refractivity contribution in [1.82, 2.24) is 9.55 Å². The van der Waals surface area contributed by atoms with Crippen LogP contribution in [0.5, 0.6) is 0 Å². The van der Waals surface area contributed by atoms with E-state index >= 15 is 0 Å². The minimum atomic E-state index is -0.404. The molecule has 0 spiro atoms. The Morgan fingerprint density at radius 2 is 1.55 bits per heavy atom. The molecule has 0 aliphatic rings. The number of hydrogen-bond donors (Lipinski definition) is 0. The molecular formula is C26H20N2O3. The summed E-state index contributed by atoms with van der Waals surface area (Å²) in [5.74, 6) is 0.477. The van der Waals surface area contributed by atoms with Crippen LogP contribution in [0, 0.1) is 6.92 Å². The normalized spacial score (nSPS) is 12.3. The van der Waals surface area contributed by atoms with Gasteiger partial charge in [0.25, 0.3) is 5.56 Å². The highest BCUT2D eigenvalue weighted by Crippen LogP contribution is 2.27. The second kappa shape index (κ2) is 7.36. The smallest absolute Gasteiger partial charge is 0.269 e. The first-order valence-electron chi connectivity index (χ1n) is 10.2. The van der Waals surface area contributed by atoms with Gasteiger partial charge in [-0.15, -0.1) is 0 Å². The molecule has 0 saturated heterocycles. The van der Waals surface area contributed by atoms with E-state index in [1.165, 1.54) is 0 Å². The van der Waals surface area contributed by atoms with E-state index in [1.807, 2.05) is 68.4 Å². The summed E-state index contributed by atoms with van der Waals surface area (Å²) in [5, 5.41) is 0.343. The van der Waals surface area contributed by atoms with Crippen molar-refractivity contribution in [1.29, 1.82) is 0 Å². The quantitative estimate of drug-likeness (QED) is 0.390. The lowest BCUT2D eigenvalue weighted by atomic mass is 10.0.